The van der Waals surface area contributed by atoms with E-state index >= 15 is 0 Å². The summed E-state index contributed by atoms with van der Waals surface area (Å²) in [4.78, 5) is 3.29. The lowest BCUT2D eigenvalue weighted by Crippen LogP contribution is -1.94. The molecule has 1 aromatic heterocycles. The minimum Gasteiger partial charge on any atom is -0.494 e. The summed E-state index contributed by atoms with van der Waals surface area (Å²) < 4.78 is 5.53. The lowest BCUT2D eigenvalue weighted by atomic mass is 10.1. The van der Waals surface area contributed by atoms with E-state index in [1.807, 2.05) is 39.0 Å². The van der Waals surface area contributed by atoms with Crippen molar-refractivity contribution in [3.05, 3.63) is 41.1 Å². The summed E-state index contributed by atoms with van der Waals surface area (Å²) >= 11 is 0. The smallest absolute Gasteiger partial charge is 0.122 e. The Kier molecular flexibility index (Phi) is 3.72. The van der Waals surface area contributed by atoms with Gasteiger partial charge in [0, 0.05) is 11.4 Å². The number of hydrogen-bond acceptors (Lipinski definition) is 2. The van der Waals surface area contributed by atoms with E-state index in [9.17, 15) is 5.11 Å². The van der Waals surface area contributed by atoms with Crippen LogP contribution >= 0.6 is 0 Å². The summed E-state index contributed by atoms with van der Waals surface area (Å²) in [6.07, 6.45) is 0. The van der Waals surface area contributed by atoms with Crippen molar-refractivity contribution in [1.82, 2.24) is 4.98 Å². The number of aliphatic hydroxyl groups excluding tert-OH is 1. The summed E-state index contributed by atoms with van der Waals surface area (Å²) in [6, 6.07) is 8.11. The van der Waals surface area contributed by atoms with Crippen LogP contribution in [0.2, 0.25) is 0 Å². The number of rotatable bonds is 4. The van der Waals surface area contributed by atoms with Gasteiger partial charge in [-0.25, -0.2) is 0 Å². The molecule has 0 spiro atoms. The van der Waals surface area contributed by atoms with Gasteiger partial charge < -0.3 is 14.8 Å². The first-order chi connectivity index (χ1) is 8.65. The van der Waals surface area contributed by atoms with Crippen LogP contribution < -0.4 is 4.74 Å². The lowest BCUT2D eigenvalue weighted by molar-refractivity contribution is 0.281. The van der Waals surface area contributed by atoms with E-state index in [-0.39, 0.29) is 6.61 Å². The summed E-state index contributed by atoms with van der Waals surface area (Å²) in [5.74, 6) is 0.923. The molecule has 0 unspecified atom stereocenters. The third-order valence-electron chi connectivity index (χ3n) is 3.08. The van der Waals surface area contributed by atoms with Gasteiger partial charge in [-0.2, -0.15) is 0 Å². The van der Waals surface area contributed by atoms with E-state index < -0.39 is 0 Å². The van der Waals surface area contributed by atoms with Crippen molar-refractivity contribution in [2.24, 2.45) is 0 Å². The molecule has 3 heteroatoms. The van der Waals surface area contributed by atoms with Gasteiger partial charge in [0.2, 0.25) is 0 Å². The van der Waals surface area contributed by atoms with Crippen molar-refractivity contribution >= 4 is 0 Å². The van der Waals surface area contributed by atoms with Crippen LogP contribution in [0.25, 0.3) is 11.3 Å². The van der Waals surface area contributed by atoms with E-state index in [1.54, 1.807) is 0 Å². The molecular weight excluding hydrogens is 226 g/mol. The first kappa shape index (κ1) is 12.7. The Bertz CT molecular complexity index is 543. The molecule has 0 bridgehead atoms. The molecule has 0 atom stereocenters. The summed E-state index contributed by atoms with van der Waals surface area (Å²) in [5.41, 5.74) is 5.21. The Labute approximate surface area is 107 Å². The molecule has 0 amide bonds. The quantitative estimate of drug-likeness (QED) is 0.869. The minimum atomic E-state index is 0.0678. The molecule has 2 N–H and O–H groups in total. The van der Waals surface area contributed by atoms with Crippen LogP contribution in [0.4, 0.5) is 0 Å². The fraction of sp³-hybridized carbons (Fsp3) is 0.333. The average molecular weight is 245 g/mol. The highest BCUT2D eigenvalue weighted by Gasteiger charge is 2.07. The standard InChI is InChI=1S/C15H19NO2/c1-4-18-15-6-5-12(7-10(15)2)14-8-13(9-17)11(3)16-14/h5-8,16-17H,4,9H2,1-3H3. The fourth-order valence-corrected chi connectivity index (χ4v) is 2.05. The highest BCUT2D eigenvalue weighted by Crippen LogP contribution is 2.27. The zero-order chi connectivity index (χ0) is 13.1. The monoisotopic (exact) mass is 245 g/mol. The van der Waals surface area contributed by atoms with Gasteiger partial charge in [-0.15, -0.1) is 0 Å². The Balaban J connectivity index is 2.35. The Morgan fingerprint density at radius 2 is 2.00 bits per heavy atom. The second-order valence-electron chi connectivity index (χ2n) is 4.40. The highest BCUT2D eigenvalue weighted by atomic mass is 16.5. The topological polar surface area (TPSA) is 45.2 Å². The molecule has 18 heavy (non-hydrogen) atoms. The summed E-state index contributed by atoms with van der Waals surface area (Å²) in [5, 5.41) is 9.21. The zero-order valence-corrected chi connectivity index (χ0v) is 11.1. The fourth-order valence-electron chi connectivity index (χ4n) is 2.05. The van der Waals surface area contributed by atoms with E-state index in [2.05, 4.69) is 11.1 Å². The van der Waals surface area contributed by atoms with Crippen LogP contribution in [0, 0.1) is 13.8 Å². The van der Waals surface area contributed by atoms with Crippen molar-refractivity contribution in [2.75, 3.05) is 6.61 Å². The molecule has 2 aromatic rings. The van der Waals surface area contributed by atoms with Gasteiger partial charge >= 0.3 is 0 Å². The molecule has 0 aliphatic rings. The Hall–Kier alpha value is -1.74. The number of benzene rings is 1. The van der Waals surface area contributed by atoms with Crippen LogP contribution in [0.3, 0.4) is 0 Å². The molecule has 3 nitrogen and oxygen atoms in total. The predicted octanol–water partition coefficient (Wildman–Crippen LogP) is 3.19. The van der Waals surface area contributed by atoms with Crippen LogP contribution in [-0.2, 0) is 6.61 Å². The van der Waals surface area contributed by atoms with Gasteiger partial charge in [0.15, 0.2) is 0 Å². The third kappa shape index (κ3) is 2.41. The maximum Gasteiger partial charge on any atom is 0.122 e. The van der Waals surface area contributed by atoms with Gasteiger partial charge in [-0.05, 0) is 61.7 Å². The first-order valence-electron chi connectivity index (χ1n) is 6.19. The van der Waals surface area contributed by atoms with Crippen molar-refractivity contribution in [1.29, 1.82) is 0 Å². The van der Waals surface area contributed by atoms with Crippen LogP contribution in [0.1, 0.15) is 23.7 Å². The first-order valence-corrected chi connectivity index (χ1v) is 6.19. The molecular formula is C15H19NO2. The van der Waals surface area contributed by atoms with Gasteiger partial charge in [0.25, 0.3) is 0 Å². The summed E-state index contributed by atoms with van der Waals surface area (Å²) in [6.45, 7) is 6.73. The molecule has 1 aromatic carbocycles. The second-order valence-corrected chi connectivity index (χ2v) is 4.40. The lowest BCUT2D eigenvalue weighted by Gasteiger charge is -2.08. The minimum absolute atomic E-state index is 0.0678. The third-order valence-corrected chi connectivity index (χ3v) is 3.08. The van der Waals surface area contributed by atoms with E-state index in [1.165, 1.54) is 0 Å². The predicted molar refractivity (Wildman–Crippen MR) is 72.8 cm³/mol. The number of nitrogens with one attached hydrogen (secondary N) is 1. The molecule has 96 valence electrons. The molecule has 0 aliphatic heterocycles. The van der Waals surface area contributed by atoms with E-state index in [4.69, 9.17) is 4.74 Å². The molecule has 0 radical (unpaired) electrons. The molecule has 2 rings (SSSR count). The number of aromatic amines is 1. The number of H-pyrrole nitrogens is 1. The highest BCUT2D eigenvalue weighted by molar-refractivity contribution is 5.63. The van der Waals surface area contributed by atoms with Crippen molar-refractivity contribution in [2.45, 2.75) is 27.4 Å². The number of ether oxygens (including phenoxy) is 1. The molecule has 0 saturated carbocycles. The van der Waals surface area contributed by atoms with Crippen LogP contribution in [-0.4, -0.2) is 16.7 Å². The van der Waals surface area contributed by atoms with Gasteiger partial charge in [0.1, 0.15) is 5.75 Å². The van der Waals surface area contributed by atoms with Crippen molar-refractivity contribution in [3.8, 4) is 17.0 Å². The second kappa shape index (κ2) is 5.27. The van der Waals surface area contributed by atoms with E-state index in [0.717, 1.165) is 33.8 Å². The van der Waals surface area contributed by atoms with Crippen molar-refractivity contribution < 1.29 is 9.84 Å². The number of hydrogen-bond donors (Lipinski definition) is 2. The van der Waals surface area contributed by atoms with Crippen LogP contribution in [0.5, 0.6) is 5.75 Å². The van der Waals surface area contributed by atoms with Gasteiger partial charge in [-0.1, -0.05) is 0 Å². The average Bonchev–Trinajstić information content (AvgIpc) is 2.73. The van der Waals surface area contributed by atoms with E-state index in [0.29, 0.717) is 6.61 Å². The molecule has 0 saturated heterocycles. The van der Waals surface area contributed by atoms with Crippen LogP contribution in [0.15, 0.2) is 24.3 Å². The number of aliphatic hydroxyl groups is 1. The maximum absolute atomic E-state index is 9.21. The van der Waals surface area contributed by atoms with Gasteiger partial charge in [-0.3, -0.25) is 0 Å². The normalized spacial score (nSPS) is 10.7. The molecule has 1 heterocycles. The van der Waals surface area contributed by atoms with Gasteiger partial charge in [0.05, 0.1) is 13.2 Å². The molecule has 0 fully saturated rings. The van der Waals surface area contributed by atoms with Crippen molar-refractivity contribution in [3.63, 3.8) is 0 Å². The Morgan fingerprint density at radius 3 is 2.56 bits per heavy atom. The Morgan fingerprint density at radius 1 is 1.22 bits per heavy atom. The number of aryl methyl sites for hydroxylation is 2. The SMILES string of the molecule is CCOc1ccc(-c2cc(CO)c(C)[nH]2)cc1C. The number of aromatic nitrogens is 1. The maximum atomic E-state index is 9.21. The largest absolute Gasteiger partial charge is 0.494 e. The zero-order valence-electron chi connectivity index (χ0n) is 11.1. The molecule has 0 aliphatic carbocycles. The summed E-state index contributed by atoms with van der Waals surface area (Å²) in [7, 11) is 0.